The molecule has 0 spiro atoms. The highest BCUT2D eigenvalue weighted by molar-refractivity contribution is 5.94. The molecule has 0 aliphatic carbocycles. The highest BCUT2D eigenvalue weighted by atomic mass is 16.7. The lowest BCUT2D eigenvalue weighted by atomic mass is 10.1. The molecule has 5 nitrogen and oxygen atoms in total. The Balaban J connectivity index is 1.25. The van der Waals surface area contributed by atoms with Crippen molar-refractivity contribution in [2.75, 3.05) is 13.3 Å². The number of carbonyl (C=O) groups excluding carboxylic acids is 1. The summed E-state index contributed by atoms with van der Waals surface area (Å²) in [5, 5.41) is 2.94. The molecule has 142 valence electrons. The van der Waals surface area contributed by atoms with Crippen LogP contribution in [0.15, 0.2) is 72.8 Å². The van der Waals surface area contributed by atoms with Crippen molar-refractivity contribution in [3.63, 3.8) is 0 Å². The third kappa shape index (κ3) is 4.43. The van der Waals surface area contributed by atoms with E-state index < -0.39 is 0 Å². The van der Waals surface area contributed by atoms with Gasteiger partial charge in [0.15, 0.2) is 11.5 Å². The first kappa shape index (κ1) is 17.9. The van der Waals surface area contributed by atoms with Gasteiger partial charge in [-0.3, -0.25) is 4.79 Å². The minimum Gasteiger partial charge on any atom is -0.489 e. The number of amides is 1. The Morgan fingerprint density at radius 2 is 1.68 bits per heavy atom. The first-order valence-corrected chi connectivity index (χ1v) is 9.21. The van der Waals surface area contributed by atoms with Crippen molar-refractivity contribution in [1.82, 2.24) is 5.32 Å². The zero-order chi connectivity index (χ0) is 19.2. The van der Waals surface area contributed by atoms with E-state index >= 15 is 0 Å². The predicted molar refractivity (Wildman–Crippen MR) is 106 cm³/mol. The van der Waals surface area contributed by atoms with Gasteiger partial charge < -0.3 is 19.5 Å². The summed E-state index contributed by atoms with van der Waals surface area (Å²) in [5.74, 6) is 2.16. The van der Waals surface area contributed by atoms with Crippen LogP contribution in [0.1, 0.15) is 21.5 Å². The second kappa shape index (κ2) is 8.48. The minimum atomic E-state index is -0.102. The molecule has 0 radical (unpaired) electrons. The van der Waals surface area contributed by atoms with E-state index in [0.29, 0.717) is 18.7 Å². The number of ether oxygens (including phenoxy) is 3. The summed E-state index contributed by atoms with van der Waals surface area (Å²) in [6, 6.07) is 23.0. The first-order chi connectivity index (χ1) is 13.8. The maximum atomic E-state index is 12.3. The topological polar surface area (TPSA) is 56.8 Å². The molecular weight excluding hydrogens is 354 g/mol. The summed E-state index contributed by atoms with van der Waals surface area (Å²) in [4.78, 5) is 12.3. The maximum absolute atomic E-state index is 12.3. The van der Waals surface area contributed by atoms with Crippen LogP contribution in [0.4, 0.5) is 0 Å². The van der Waals surface area contributed by atoms with Crippen LogP contribution in [0.2, 0.25) is 0 Å². The molecule has 4 rings (SSSR count). The highest BCUT2D eigenvalue weighted by Crippen LogP contribution is 2.32. The number of hydrogen-bond acceptors (Lipinski definition) is 4. The fraction of sp³-hybridized carbons (Fsp3) is 0.174. The van der Waals surface area contributed by atoms with Crippen LogP contribution in [0.3, 0.4) is 0 Å². The average molecular weight is 375 g/mol. The Kier molecular flexibility index (Phi) is 5.43. The van der Waals surface area contributed by atoms with Crippen molar-refractivity contribution in [1.29, 1.82) is 0 Å². The van der Waals surface area contributed by atoms with Gasteiger partial charge in [-0.2, -0.15) is 0 Å². The van der Waals surface area contributed by atoms with Gasteiger partial charge in [0, 0.05) is 12.1 Å². The van der Waals surface area contributed by atoms with Crippen LogP contribution in [0.25, 0.3) is 0 Å². The van der Waals surface area contributed by atoms with Gasteiger partial charge in [-0.25, -0.2) is 0 Å². The van der Waals surface area contributed by atoms with Crippen LogP contribution in [-0.4, -0.2) is 19.2 Å². The van der Waals surface area contributed by atoms with E-state index in [9.17, 15) is 4.79 Å². The number of nitrogens with one attached hydrogen (secondary N) is 1. The van der Waals surface area contributed by atoms with Gasteiger partial charge in [-0.05, 0) is 53.9 Å². The van der Waals surface area contributed by atoms with Gasteiger partial charge in [0.1, 0.15) is 12.4 Å². The maximum Gasteiger partial charge on any atom is 0.251 e. The van der Waals surface area contributed by atoms with Gasteiger partial charge in [0.25, 0.3) is 5.91 Å². The number of benzene rings is 3. The Bertz CT molecular complexity index is 939. The molecule has 0 unspecified atom stereocenters. The summed E-state index contributed by atoms with van der Waals surface area (Å²) < 4.78 is 16.4. The van der Waals surface area contributed by atoms with Crippen molar-refractivity contribution in [2.24, 2.45) is 0 Å². The molecule has 0 atom stereocenters. The second-order valence-electron chi connectivity index (χ2n) is 6.49. The summed E-state index contributed by atoms with van der Waals surface area (Å²) in [7, 11) is 0. The average Bonchev–Trinajstić information content (AvgIpc) is 3.21. The number of carbonyl (C=O) groups is 1. The summed E-state index contributed by atoms with van der Waals surface area (Å²) in [6.45, 7) is 1.31. The standard InChI is InChI=1S/C23H21NO4/c25-23(24-13-12-17-6-11-21-22(14-17)28-16-27-21)19-7-9-20(10-8-19)26-15-18-4-2-1-3-5-18/h1-11,14H,12-13,15-16H2,(H,24,25). The molecular formula is C23H21NO4. The monoisotopic (exact) mass is 375 g/mol. The molecule has 3 aromatic carbocycles. The van der Waals surface area contributed by atoms with E-state index in [2.05, 4.69) is 5.32 Å². The largest absolute Gasteiger partial charge is 0.489 e. The summed E-state index contributed by atoms with van der Waals surface area (Å²) >= 11 is 0. The Morgan fingerprint density at radius 1 is 0.893 bits per heavy atom. The zero-order valence-corrected chi connectivity index (χ0v) is 15.4. The van der Waals surface area contributed by atoms with E-state index in [1.165, 1.54) is 0 Å². The molecule has 0 bridgehead atoms. The van der Waals surface area contributed by atoms with E-state index in [4.69, 9.17) is 14.2 Å². The lowest BCUT2D eigenvalue weighted by Crippen LogP contribution is -2.25. The van der Waals surface area contributed by atoms with E-state index in [0.717, 1.165) is 34.8 Å². The molecule has 3 aromatic rings. The number of hydrogen-bond donors (Lipinski definition) is 1. The molecule has 5 heteroatoms. The van der Waals surface area contributed by atoms with Gasteiger partial charge >= 0.3 is 0 Å². The minimum absolute atomic E-state index is 0.102. The number of fused-ring (bicyclic) bond motifs is 1. The molecule has 1 aliphatic rings. The van der Waals surface area contributed by atoms with E-state index in [-0.39, 0.29) is 12.7 Å². The SMILES string of the molecule is O=C(NCCc1ccc2c(c1)OCO2)c1ccc(OCc2ccccc2)cc1. The lowest BCUT2D eigenvalue weighted by Gasteiger charge is -2.08. The van der Waals surface area contributed by atoms with Gasteiger partial charge in [0.05, 0.1) is 0 Å². The lowest BCUT2D eigenvalue weighted by molar-refractivity contribution is 0.0954. The second-order valence-corrected chi connectivity index (χ2v) is 6.49. The van der Waals surface area contributed by atoms with Crippen molar-refractivity contribution in [3.05, 3.63) is 89.5 Å². The molecule has 1 N–H and O–H groups in total. The predicted octanol–water partition coefficient (Wildman–Crippen LogP) is 3.97. The summed E-state index contributed by atoms with van der Waals surface area (Å²) in [5.41, 5.74) is 2.81. The number of rotatable bonds is 7. The van der Waals surface area contributed by atoms with Crippen molar-refractivity contribution >= 4 is 5.91 Å². The Morgan fingerprint density at radius 3 is 2.50 bits per heavy atom. The van der Waals surface area contributed by atoms with Crippen LogP contribution in [0.5, 0.6) is 17.2 Å². The smallest absolute Gasteiger partial charge is 0.251 e. The quantitative estimate of drug-likeness (QED) is 0.679. The van der Waals surface area contributed by atoms with Crippen molar-refractivity contribution in [2.45, 2.75) is 13.0 Å². The van der Waals surface area contributed by atoms with Crippen LogP contribution < -0.4 is 19.5 Å². The van der Waals surface area contributed by atoms with Crippen molar-refractivity contribution < 1.29 is 19.0 Å². The third-order valence-electron chi connectivity index (χ3n) is 4.50. The molecule has 1 heterocycles. The third-order valence-corrected chi connectivity index (χ3v) is 4.50. The fourth-order valence-electron chi connectivity index (χ4n) is 2.96. The van der Waals surface area contributed by atoms with Crippen LogP contribution in [0, 0.1) is 0 Å². The Hall–Kier alpha value is -3.47. The summed E-state index contributed by atoms with van der Waals surface area (Å²) in [6.07, 6.45) is 0.723. The molecule has 1 amide bonds. The molecule has 0 fully saturated rings. The highest BCUT2D eigenvalue weighted by Gasteiger charge is 2.13. The molecule has 28 heavy (non-hydrogen) atoms. The fourth-order valence-corrected chi connectivity index (χ4v) is 2.96. The van der Waals surface area contributed by atoms with Gasteiger partial charge in [0.2, 0.25) is 6.79 Å². The molecule has 1 aliphatic heterocycles. The molecule has 0 aromatic heterocycles. The Labute approximate surface area is 163 Å². The molecule has 0 saturated carbocycles. The van der Waals surface area contributed by atoms with Crippen LogP contribution in [-0.2, 0) is 13.0 Å². The van der Waals surface area contributed by atoms with Gasteiger partial charge in [-0.15, -0.1) is 0 Å². The van der Waals surface area contributed by atoms with E-state index in [1.54, 1.807) is 12.1 Å². The van der Waals surface area contributed by atoms with Crippen molar-refractivity contribution in [3.8, 4) is 17.2 Å². The molecule has 0 saturated heterocycles. The zero-order valence-electron chi connectivity index (χ0n) is 15.4. The van der Waals surface area contributed by atoms with Crippen LogP contribution >= 0.6 is 0 Å². The van der Waals surface area contributed by atoms with E-state index in [1.807, 2.05) is 60.7 Å². The van der Waals surface area contributed by atoms with Gasteiger partial charge in [-0.1, -0.05) is 36.4 Å². The first-order valence-electron chi connectivity index (χ1n) is 9.21. The normalized spacial score (nSPS) is 11.9.